The molecule has 1 aromatic carbocycles. The molecule has 0 spiro atoms. The maximum Gasteiger partial charge on any atom is 0.222 e. The maximum atomic E-state index is 12.2. The number of amides is 1. The zero-order valence-corrected chi connectivity index (χ0v) is 12.8. The Morgan fingerprint density at radius 3 is 2.57 bits per heavy atom. The Kier molecular flexibility index (Phi) is 5.37. The number of nitrogens with two attached hydrogens (primary N) is 1. The number of hydrogen-bond acceptors (Lipinski definition) is 3. The van der Waals surface area contributed by atoms with E-state index in [4.69, 9.17) is 5.73 Å². The highest BCUT2D eigenvalue weighted by Crippen LogP contribution is 2.30. The molecular formula is C17H26N2O2. The lowest BCUT2D eigenvalue weighted by Gasteiger charge is -2.29. The Morgan fingerprint density at radius 1 is 1.33 bits per heavy atom. The molecule has 0 bridgehead atoms. The average molecular weight is 290 g/mol. The van der Waals surface area contributed by atoms with Crippen LogP contribution in [-0.4, -0.2) is 35.1 Å². The molecule has 4 heteroatoms. The van der Waals surface area contributed by atoms with Crippen LogP contribution in [0.15, 0.2) is 30.3 Å². The van der Waals surface area contributed by atoms with Crippen molar-refractivity contribution in [3.8, 4) is 0 Å². The van der Waals surface area contributed by atoms with Crippen LogP contribution >= 0.6 is 0 Å². The number of rotatable bonds is 6. The lowest BCUT2D eigenvalue weighted by atomic mass is 10.0. The zero-order valence-electron chi connectivity index (χ0n) is 12.8. The molecule has 1 saturated carbocycles. The molecule has 0 aromatic heterocycles. The van der Waals surface area contributed by atoms with Gasteiger partial charge in [-0.1, -0.05) is 43.2 Å². The molecule has 1 aromatic rings. The van der Waals surface area contributed by atoms with Crippen molar-refractivity contribution < 1.29 is 9.90 Å². The molecule has 21 heavy (non-hydrogen) atoms. The Morgan fingerprint density at radius 2 is 1.95 bits per heavy atom. The minimum absolute atomic E-state index is 0.0571. The third-order valence-corrected chi connectivity index (χ3v) is 4.39. The van der Waals surface area contributed by atoms with E-state index >= 15 is 0 Å². The summed E-state index contributed by atoms with van der Waals surface area (Å²) in [5.74, 6) is 0.0571. The van der Waals surface area contributed by atoms with Gasteiger partial charge in [0.2, 0.25) is 5.91 Å². The first-order valence-corrected chi connectivity index (χ1v) is 7.77. The molecule has 1 aliphatic rings. The van der Waals surface area contributed by atoms with Gasteiger partial charge in [-0.3, -0.25) is 4.79 Å². The van der Waals surface area contributed by atoms with Crippen LogP contribution in [0.5, 0.6) is 0 Å². The molecule has 1 unspecified atom stereocenters. The van der Waals surface area contributed by atoms with Crippen molar-refractivity contribution in [1.82, 2.24) is 4.90 Å². The summed E-state index contributed by atoms with van der Waals surface area (Å²) in [7, 11) is 1.77. The molecule has 3 N–H and O–H groups in total. The van der Waals surface area contributed by atoms with Crippen LogP contribution in [0.25, 0.3) is 0 Å². The monoisotopic (exact) mass is 290 g/mol. The summed E-state index contributed by atoms with van der Waals surface area (Å²) in [5.41, 5.74) is 6.50. The average Bonchev–Trinajstić information content (AvgIpc) is 2.91. The van der Waals surface area contributed by atoms with Crippen molar-refractivity contribution in [2.24, 2.45) is 5.73 Å². The van der Waals surface area contributed by atoms with Gasteiger partial charge >= 0.3 is 0 Å². The third-order valence-electron chi connectivity index (χ3n) is 4.39. The Balaban J connectivity index is 1.78. The van der Waals surface area contributed by atoms with Gasteiger partial charge in [-0.05, 0) is 24.8 Å². The quantitative estimate of drug-likeness (QED) is 0.844. The van der Waals surface area contributed by atoms with Crippen molar-refractivity contribution in [2.75, 3.05) is 13.6 Å². The van der Waals surface area contributed by atoms with Gasteiger partial charge in [0.25, 0.3) is 0 Å². The van der Waals surface area contributed by atoms with Gasteiger partial charge in [-0.15, -0.1) is 0 Å². The molecule has 1 fully saturated rings. The van der Waals surface area contributed by atoms with Crippen molar-refractivity contribution in [3.05, 3.63) is 35.9 Å². The van der Waals surface area contributed by atoms with Gasteiger partial charge in [-0.2, -0.15) is 0 Å². The summed E-state index contributed by atoms with van der Waals surface area (Å²) in [6.07, 6.45) is 4.76. The molecule has 0 heterocycles. The second kappa shape index (κ2) is 7.05. The van der Waals surface area contributed by atoms with E-state index in [-0.39, 0.29) is 11.9 Å². The van der Waals surface area contributed by atoms with Crippen LogP contribution in [0.3, 0.4) is 0 Å². The van der Waals surface area contributed by atoms with E-state index < -0.39 is 5.60 Å². The molecule has 2 rings (SSSR count). The molecule has 4 nitrogen and oxygen atoms in total. The maximum absolute atomic E-state index is 12.2. The molecule has 1 amide bonds. The third kappa shape index (κ3) is 4.55. The summed E-state index contributed by atoms with van der Waals surface area (Å²) in [4.78, 5) is 13.8. The van der Waals surface area contributed by atoms with Crippen molar-refractivity contribution in [3.63, 3.8) is 0 Å². The molecule has 116 valence electrons. The van der Waals surface area contributed by atoms with Crippen LogP contribution in [-0.2, 0) is 4.79 Å². The van der Waals surface area contributed by atoms with Crippen molar-refractivity contribution in [1.29, 1.82) is 0 Å². The summed E-state index contributed by atoms with van der Waals surface area (Å²) < 4.78 is 0. The Labute approximate surface area is 126 Å². The first-order valence-electron chi connectivity index (χ1n) is 7.77. The zero-order chi connectivity index (χ0) is 15.3. The van der Waals surface area contributed by atoms with Gasteiger partial charge in [0.05, 0.1) is 5.60 Å². The van der Waals surface area contributed by atoms with Gasteiger partial charge in [-0.25, -0.2) is 0 Å². The number of likely N-dealkylation sites (N-methyl/N-ethyl adjacent to an activating group) is 1. The second-order valence-corrected chi connectivity index (χ2v) is 6.24. The minimum Gasteiger partial charge on any atom is -0.388 e. The smallest absolute Gasteiger partial charge is 0.222 e. The Hall–Kier alpha value is -1.39. The molecule has 1 aliphatic carbocycles. The number of carbonyl (C=O) groups is 1. The van der Waals surface area contributed by atoms with E-state index in [0.717, 1.165) is 31.2 Å². The lowest BCUT2D eigenvalue weighted by molar-refractivity contribution is -0.133. The first kappa shape index (κ1) is 16.0. The molecular weight excluding hydrogens is 264 g/mol. The van der Waals surface area contributed by atoms with Crippen LogP contribution < -0.4 is 5.73 Å². The topological polar surface area (TPSA) is 66.6 Å². The summed E-state index contributed by atoms with van der Waals surface area (Å²) in [6, 6.07) is 9.73. The van der Waals surface area contributed by atoms with Crippen LogP contribution in [0.2, 0.25) is 0 Å². The van der Waals surface area contributed by atoms with Gasteiger partial charge in [0.15, 0.2) is 0 Å². The minimum atomic E-state index is -0.675. The van der Waals surface area contributed by atoms with Gasteiger partial charge in [0, 0.05) is 26.1 Å². The second-order valence-electron chi connectivity index (χ2n) is 6.24. The number of benzene rings is 1. The molecule has 1 atom stereocenters. The van der Waals surface area contributed by atoms with E-state index in [2.05, 4.69) is 0 Å². The highest BCUT2D eigenvalue weighted by atomic mass is 16.3. The largest absolute Gasteiger partial charge is 0.388 e. The predicted octanol–water partition coefficient (Wildman–Crippen LogP) is 2.23. The van der Waals surface area contributed by atoms with Crippen LogP contribution in [0.1, 0.15) is 50.1 Å². The van der Waals surface area contributed by atoms with E-state index in [1.807, 2.05) is 30.3 Å². The fourth-order valence-electron chi connectivity index (χ4n) is 3.06. The van der Waals surface area contributed by atoms with E-state index in [1.54, 1.807) is 11.9 Å². The fraction of sp³-hybridized carbons (Fsp3) is 0.588. The van der Waals surface area contributed by atoms with E-state index in [0.29, 0.717) is 19.4 Å². The number of nitrogens with zero attached hydrogens (tertiary/aromatic N) is 1. The fourth-order valence-corrected chi connectivity index (χ4v) is 3.06. The van der Waals surface area contributed by atoms with Crippen molar-refractivity contribution >= 4 is 5.91 Å². The molecule has 0 aliphatic heterocycles. The van der Waals surface area contributed by atoms with E-state index in [9.17, 15) is 9.90 Å². The number of hydrogen-bond donors (Lipinski definition) is 2. The van der Waals surface area contributed by atoms with Crippen LogP contribution in [0.4, 0.5) is 0 Å². The van der Waals surface area contributed by atoms with Crippen LogP contribution in [0, 0.1) is 0 Å². The summed E-state index contributed by atoms with van der Waals surface area (Å²) in [6.45, 7) is 0.437. The normalized spacial score (nSPS) is 18.4. The van der Waals surface area contributed by atoms with Gasteiger partial charge < -0.3 is 15.7 Å². The summed E-state index contributed by atoms with van der Waals surface area (Å²) >= 11 is 0. The number of aliphatic hydroxyl groups is 1. The van der Waals surface area contributed by atoms with Gasteiger partial charge in [0.1, 0.15) is 0 Å². The Bertz CT molecular complexity index is 455. The highest BCUT2D eigenvalue weighted by Gasteiger charge is 2.33. The number of carbonyl (C=O) groups excluding carboxylic acids is 1. The summed E-state index contributed by atoms with van der Waals surface area (Å²) in [5, 5.41) is 10.3. The predicted molar refractivity (Wildman–Crippen MR) is 83.7 cm³/mol. The highest BCUT2D eigenvalue weighted by molar-refractivity contribution is 5.76. The molecule has 0 saturated heterocycles. The van der Waals surface area contributed by atoms with E-state index in [1.165, 1.54) is 0 Å². The lowest BCUT2D eigenvalue weighted by Crippen LogP contribution is -2.42. The SMILES string of the molecule is CN(CC1(O)CCCC1)C(=O)CCC(N)c1ccccc1. The molecule has 0 radical (unpaired) electrons. The standard InChI is InChI=1S/C17H26N2O2/c1-19(13-17(21)11-5-6-12-17)16(20)10-9-15(18)14-7-3-2-4-8-14/h2-4,7-8,15,21H,5-6,9-13,18H2,1H3. The van der Waals surface area contributed by atoms with Crippen molar-refractivity contribution in [2.45, 2.75) is 50.2 Å². The first-order chi connectivity index (χ1) is 10.0.